The summed E-state index contributed by atoms with van der Waals surface area (Å²) in [5.41, 5.74) is -5.48. The van der Waals surface area contributed by atoms with Crippen LogP contribution in [0.3, 0.4) is 0 Å². The summed E-state index contributed by atoms with van der Waals surface area (Å²) in [6, 6.07) is 0. The van der Waals surface area contributed by atoms with Crippen LogP contribution in [0, 0.1) is 0 Å². The summed E-state index contributed by atoms with van der Waals surface area (Å²) in [6.45, 7) is 0. The standard InChI is InChI=1S/2C6H8O7.3Co/c2*7-3(8)1-6(13,5(11)12)2-4(9)10;;;/h2*13H,1-2H2,(H,7,8)(H,9,10)(H,11,12);;;. The maximum atomic E-state index is 10.3. The Kier molecular flexibility index (Phi) is 21.1. The molecule has 0 amide bonds. The molecule has 0 aromatic rings. The van der Waals surface area contributed by atoms with Crippen molar-refractivity contribution >= 4 is 35.8 Å². The minimum atomic E-state index is -2.74. The van der Waals surface area contributed by atoms with Crippen LogP contribution in [0.5, 0.6) is 0 Å². The average molecular weight is 561 g/mol. The van der Waals surface area contributed by atoms with Crippen molar-refractivity contribution in [1.82, 2.24) is 0 Å². The normalized spacial score (nSPS) is 9.72. The fourth-order valence-electron chi connectivity index (χ4n) is 1.43. The molecule has 0 fully saturated rings. The fourth-order valence-corrected chi connectivity index (χ4v) is 1.43. The van der Waals surface area contributed by atoms with Crippen LogP contribution in [0.2, 0.25) is 0 Å². The van der Waals surface area contributed by atoms with Gasteiger partial charge in [-0.2, -0.15) is 0 Å². The van der Waals surface area contributed by atoms with Crippen LogP contribution in [0.1, 0.15) is 25.7 Å². The molecule has 14 nitrogen and oxygen atoms in total. The third kappa shape index (κ3) is 16.9. The number of aliphatic hydroxyl groups is 2. The smallest absolute Gasteiger partial charge is 0.336 e. The first kappa shape index (κ1) is 37.9. The monoisotopic (exact) mass is 561 g/mol. The molecule has 175 valence electrons. The number of aliphatic carboxylic acids is 6. The van der Waals surface area contributed by atoms with Crippen molar-refractivity contribution in [3.8, 4) is 0 Å². The van der Waals surface area contributed by atoms with E-state index in [0.29, 0.717) is 0 Å². The van der Waals surface area contributed by atoms with Crippen LogP contribution < -0.4 is 0 Å². The Morgan fingerprint density at radius 1 is 0.448 bits per heavy atom. The van der Waals surface area contributed by atoms with E-state index >= 15 is 0 Å². The Labute approximate surface area is 192 Å². The fraction of sp³-hybridized carbons (Fsp3) is 0.500. The maximum Gasteiger partial charge on any atom is 0.336 e. The van der Waals surface area contributed by atoms with Gasteiger partial charge in [-0.3, -0.25) is 19.2 Å². The van der Waals surface area contributed by atoms with Crippen LogP contribution >= 0.6 is 0 Å². The first-order chi connectivity index (χ1) is 11.6. The molecule has 0 saturated heterocycles. The predicted octanol–water partition coefficient (Wildman–Crippen LogP) is -2.50. The zero-order valence-corrected chi connectivity index (χ0v) is 17.0. The minimum absolute atomic E-state index is 0. The van der Waals surface area contributed by atoms with Crippen LogP contribution in [0.4, 0.5) is 0 Å². The Morgan fingerprint density at radius 3 is 0.655 bits per heavy atom. The number of carboxylic acids is 6. The largest absolute Gasteiger partial charge is 0.481 e. The third-order valence-corrected chi connectivity index (χ3v) is 2.57. The Hall–Kier alpha value is -1.74. The first-order valence-corrected chi connectivity index (χ1v) is 6.34. The van der Waals surface area contributed by atoms with Gasteiger partial charge in [0.1, 0.15) is 0 Å². The Morgan fingerprint density at radius 2 is 0.586 bits per heavy atom. The van der Waals surface area contributed by atoms with Gasteiger partial charge in [-0.1, -0.05) is 0 Å². The number of rotatable bonds is 10. The molecule has 0 rings (SSSR count). The van der Waals surface area contributed by atoms with E-state index in [-0.39, 0.29) is 50.3 Å². The topological polar surface area (TPSA) is 264 Å². The van der Waals surface area contributed by atoms with E-state index in [2.05, 4.69) is 0 Å². The third-order valence-electron chi connectivity index (χ3n) is 2.57. The van der Waals surface area contributed by atoms with E-state index in [0.717, 1.165) is 0 Å². The van der Waals surface area contributed by atoms with Crippen LogP contribution in [-0.2, 0) is 79.1 Å². The van der Waals surface area contributed by atoms with Gasteiger partial charge in [0, 0.05) is 50.3 Å². The van der Waals surface area contributed by atoms with E-state index in [1.807, 2.05) is 0 Å². The molecule has 29 heavy (non-hydrogen) atoms. The molecule has 17 heteroatoms. The number of hydrogen-bond acceptors (Lipinski definition) is 8. The molecule has 8 N–H and O–H groups in total. The number of carbonyl (C=O) groups is 6. The van der Waals surface area contributed by atoms with Gasteiger partial charge in [0.15, 0.2) is 11.2 Å². The average Bonchev–Trinajstić information content (AvgIpc) is 2.34. The molecule has 3 radical (unpaired) electrons. The van der Waals surface area contributed by atoms with Gasteiger partial charge in [0.2, 0.25) is 0 Å². The van der Waals surface area contributed by atoms with Gasteiger partial charge in [0.25, 0.3) is 0 Å². The summed E-state index contributed by atoms with van der Waals surface area (Å²) in [5, 5.41) is 67.6. The zero-order valence-electron chi connectivity index (χ0n) is 13.9. The predicted molar refractivity (Wildman–Crippen MR) is 74.2 cm³/mol. The number of hydrogen-bond donors (Lipinski definition) is 8. The summed E-state index contributed by atoms with van der Waals surface area (Å²) in [5.74, 6) is -10.0. The Balaban J connectivity index is -0.000000120. The summed E-state index contributed by atoms with van der Waals surface area (Å²) in [7, 11) is 0. The number of carboxylic acid groups (broad SMARTS) is 6. The molecular formula is C12H16Co3O14. The van der Waals surface area contributed by atoms with Crippen molar-refractivity contribution < 1.29 is 120 Å². The van der Waals surface area contributed by atoms with Crippen molar-refractivity contribution in [2.45, 2.75) is 36.9 Å². The SMILES string of the molecule is O=C(O)CC(O)(CC(=O)O)C(=O)O.O=C(O)CC(O)(CC(=O)O)C(=O)O.[Co].[Co].[Co]. The van der Waals surface area contributed by atoms with Crippen molar-refractivity contribution in [3.63, 3.8) is 0 Å². The van der Waals surface area contributed by atoms with E-state index < -0.39 is 72.7 Å². The van der Waals surface area contributed by atoms with Gasteiger partial charge in [-0.15, -0.1) is 0 Å². The van der Waals surface area contributed by atoms with Crippen molar-refractivity contribution in [1.29, 1.82) is 0 Å². The van der Waals surface area contributed by atoms with Crippen molar-refractivity contribution in [3.05, 3.63) is 0 Å². The second-order valence-electron chi connectivity index (χ2n) is 4.96. The summed E-state index contributed by atoms with van der Waals surface area (Å²) in [4.78, 5) is 61.0. The molecular weight excluding hydrogens is 545 g/mol. The zero-order chi connectivity index (χ0) is 21.3. The molecule has 0 aliphatic heterocycles. The molecule has 0 saturated carbocycles. The van der Waals surface area contributed by atoms with E-state index in [4.69, 9.17) is 40.9 Å². The van der Waals surface area contributed by atoms with Gasteiger partial charge in [-0.25, -0.2) is 9.59 Å². The second-order valence-corrected chi connectivity index (χ2v) is 4.96. The van der Waals surface area contributed by atoms with Crippen molar-refractivity contribution in [2.24, 2.45) is 0 Å². The van der Waals surface area contributed by atoms with Gasteiger partial charge in [-0.05, 0) is 0 Å². The quantitative estimate of drug-likeness (QED) is 0.137. The Bertz CT molecular complexity index is 521. The summed E-state index contributed by atoms with van der Waals surface area (Å²) in [6.07, 6.45) is -4.58. The molecule has 0 aromatic heterocycles. The van der Waals surface area contributed by atoms with E-state index in [1.54, 1.807) is 0 Å². The van der Waals surface area contributed by atoms with Crippen molar-refractivity contribution in [2.75, 3.05) is 0 Å². The molecule has 0 unspecified atom stereocenters. The molecule has 0 atom stereocenters. The van der Waals surface area contributed by atoms with E-state index in [9.17, 15) is 28.8 Å². The van der Waals surface area contributed by atoms with Crippen LogP contribution in [-0.4, -0.2) is 87.9 Å². The molecule has 0 aliphatic carbocycles. The molecule has 0 aromatic carbocycles. The summed E-state index contributed by atoms with van der Waals surface area (Å²) >= 11 is 0. The van der Waals surface area contributed by atoms with Gasteiger partial charge >= 0.3 is 35.8 Å². The van der Waals surface area contributed by atoms with E-state index in [1.165, 1.54) is 0 Å². The molecule has 0 heterocycles. The minimum Gasteiger partial charge on any atom is -0.481 e. The molecule has 0 aliphatic rings. The summed E-state index contributed by atoms with van der Waals surface area (Å²) < 4.78 is 0. The second kappa shape index (κ2) is 16.1. The molecule has 0 spiro atoms. The van der Waals surface area contributed by atoms with Gasteiger partial charge in [0.05, 0.1) is 25.7 Å². The van der Waals surface area contributed by atoms with Crippen LogP contribution in [0.25, 0.3) is 0 Å². The molecule has 0 bridgehead atoms. The van der Waals surface area contributed by atoms with Gasteiger partial charge < -0.3 is 40.9 Å². The first-order valence-electron chi connectivity index (χ1n) is 6.34. The maximum absolute atomic E-state index is 10.3. The van der Waals surface area contributed by atoms with Crippen LogP contribution in [0.15, 0.2) is 0 Å².